The summed E-state index contributed by atoms with van der Waals surface area (Å²) in [5, 5.41) is 3.53. The van der Waals surface area contributed by atoms with Crippen LogP contribution in [0.3, 0.4) is 0 Å². The lowest BCUT2D eigenvalue weighted by molar-refractivity contribution is 0.0600. The number of ether oxygens (including phenoxy) is 1. The fourth-order valence-corrected chi connectivity index (χ4v) is 2.75. The number of hydrogen-bond acceptors (Lipinski definition) is 4. The standard InChI is InChI=1S/C15H19N3O2/c1-20-15(19)11-5-6-13-9-17-14(18(13)10-11)8-12-4-2-3-7-16-12/h5-6,9-10,12,16H,2-4,7-8H2,1H3. The zero-order chi connectivity index (χ0) is 13.9. The van der Waals surface area contributed by atoms with Gasteiger partial charge in [0.1, 0.15) is 5.82 Å². The molecule has 1 unspecified atom stereocenters. The smallest absolute Gasteiger partial charge is 0.339 e. The molecule has 0 bridgehead atoms. The van der Waals surface area contributed by atoms with Gasteiger partial charge in [0.15, 0.2) is 0 Å². The molecule has 1 aliphatic heterocycles. The summed E-state index contributed by atoms with van der Waals surface area (Å²) in [6, 6.07) is 4.15. The van der Waals surface area contributed by atoms with Crippen LogP contribution >= 0.6 is 0 Å². The molecule has 1 fully saturated rings. The Morgan fingerprint density at radius 2 is 2.40 bits per heavy atom. The number of pyridine rings is 1. The summed E-state index contributed by atoms with van der Waals surface area (Å²) < 4.78 is 6.76. The molecule has 0 aliphatic carbocycles. The van der Waals surface area contributed by atoms with E-state index in [0.717, 1.165) is 24.3 Å². The number of fused-ring (bicyclic) bond motifs is 1. The highest BCUT2D eigenvalue weighted by Crippen LogP contribution is 2.15. The molecule has 20 heavy (non-hydrogen) atoms. The summed E-state index contributed by atoms with van der Waals surface area (Å²) in [6.07, 6.45) is 8.26. The Bertz CT molecular complexity index is 615. The SMILES string of the molecule is COC(=O)c1ccc2cnc(CC3CCCCN3)n2c1. The Balaban J connectivity index is 1.88. The van der Waals surface area contributed by atoms with Crippen molar-refractivity contribution in [3.05, 3.63) is 35.9 Å². The lowest BCUT2D eigenvalue weighted by Gasteiger charge is -2.22. The van der Waals surface area contributed by atoms with E-state index in [1.54, 1.807) is 6.07 Å². The molecule has 0 saturated carbocycles. The van der Waals surface area contributed by atoms with E-state index in [-0.39, 0.29) is 5.97 Å². The Labute approximate surface area is 118 Å². The van der Waals surface area contributed by atoms with Gasteiger partial charge < -0.3 is 14.5 Å². The molecule has 1 atom stereocenters. The van der Waals surface area contributed by atoms with Crippen LogP contribution in [0.2, 0.25) is 0 Å². The first-order valence-electron chi connectivity index (χ1n) is 7.05. The van der Waals surface area contributed by atoms with Crippen LogP contribution < -0.4 is 5.32 Å². The monoisotopic (exact) mass is 273 g/mol. The van der Waals surface area contributed by atoms with Gasteiger partial charge in [-0.1, -0.05) is 6.42 Å². The van der Waals surface area contributed by atoms with Crippen LogP contribution in [0.4, 0.5) is 0 Å². The third-order valence-corrected chi connectivity index (χ3v) is 3.87. The van der Waals surface area contributed by atoms with Gasteiger partial charge in [-0.25, -0.2) is 9.78 Å². The highest BCUT2D eigenvalue weighted by Gasteiger charge is 2.16. The van der Waals surface area contributed by atoms with Gasteiger partial charge in [0.25, 0.3) is 0 Å². The van der Waals surface area contributed by atoms with E-state index in [2.05, 4.69) is 10.3 Å². The average molecular weight is 273 g/mol. The molecular weight excluding hydrogens is 254 g/mol. The number of nitrogens with one attached hydrogen (secondary N) is 1. The van der Waals surface area contributed by atoms with Crippen molar-refractivity contribution >= 4 is 11.5 Å². The molecule has 3 rings (SSSR count). The van der Waals surface area contributed by atoms with Crippen molar-refractivity contribution in [2.45, 2.75) is 31.7 Å². The van der Waals surface area contributed by atoms with Gasteiger partial charge in [0.2, 0.25) is 0 Å². The number of carbonyl (C=O) groups excluding carboxylic acids is 1. The Kier molecular flexibility index (Phi) is 3.69. The fourth-order valence-electron chi connectivity index (χ4n) is 2.75. The Hall–Kier alpha value is -1.88. The molecule has 2 aromatic rings. The summed E-state index contributed by atoms with van der Waals surface area (Å²) in [6.45, 7) is 1.08. The molecule has 1 aliphatic rings. The van der Waals surface area contributed by atoms with E-state index >= 15 is 0 Å². The number of hydrogen-bond donors (Lipinski definition) is 1. The van der Waals surface area contributed by atoms with Crippen molar-refractivity contribution in [2.24, 2.45) is 0 Å². The Morgan fingerprint density at radius 1 is 1.50 bits per heavy atom. The molecule has 0 spiro atoms. The molecule has 0 radical (unpaired) electrons. The van der Waals surface area contributed by atoms with Crippen LogP contribution in [0.1, 0.15) is 35.4 Å². The van der Waals surface area contributed by atoms with Crippen molar-refractivity contribution in [1.82, 2.24) is 14.7 Å². The number of methoxy groups -OCH3 is 1. The molecule has 1 N–H and O–H groups in total. The number of rotatable bonds is 3. The Morgan fingerprint density at radius 3 is 3.15 bits per heavy atom. The molecule has 0 amide bonds. The summed E-state index contributed by atoms with van der Waals surface area (Å²) >= 11 is 0. The van der Waals surface area contributed by atoms with Crippen LogP contribution in [-0.4, -0.2) is 35.1 Å². The zero-order valence-corrected chi connectivity index (χ0v) is 11.6. The lowest BCUT2D eigenvalue weighted by atomic mass is 10.0. The molecule has 2 aromatic heterocycles. The summed E-state index contributed by atoms with van der Waals surface area (Å²) in [5.41, 5.74) is 1.55. The van der Waals surface area contributed by atoms with Crippen molar-refractivity contribution in [3.63, 3.8) is 0 Å². The van der Waals surface area contributed by atoms with E-state index in [1.807, 2.05) is 22.9 Å². The average Bonchev–Trinajstić information content (AvgIpc) is 2.90. The molecule has 5 nitrogen and oxygen atoms in total. The summed E-state index contributed by atoms with van der Waals surface area (Å²) in [7, 11) is 1.40. The van der Waals surface area contributed by atoms with E-state index < -0.39 is 0 Å². The first-order valence-corrected chi connectivity index (χ1v) is 7.05. The minimum absolute atomic E-state index is 0.317. The third-order valence-electron chi connectivity index (χ3n) is 3.87. The van der Waals surface area contributed by atoms with Crippen LogP contribution in [0.25, 0.3) is 5.52 Å². The normalized spacial score (nSPS) is 19.1. The number of carbonyl (C=O) groups is 1. The van der Waals surface area contributed by atoms with Crippen LogP contribution in [-0.2, 0) is 11.2 Å². The van der Waals surface area contributed by atoms with Crippen molar-refractivity contribution in [2.75, 3.05) is 13.7 Å². The first kappa shape index (κ1) is 13.1. The summed E-state index contributed by atoms with van der Waals surface area (Å²) in [5.74, 6) is 0.674. The quantitative estimate of drug-likeness (QED) is 0.867. The summed E-state index contributed by atoms with van der Waals surface area (Å²) in [4.78, 5) is 16.1. The van der Waals surface area contributed by atoms with Crippen LogP contribution in [0.5, 0.6) is 0 Å². The zero-order valence-electron chi connectivity index (χ0n) is 11.6. The van der Waals surface area contributed by atoms with Gasteiger partial charge in [-0.2, -0.15) is 0 Å². The maximum absolute atomic E-state index is 11.6. The molecule has 1 saturated heterocycles. The highest BCUT2D eigenvalue weighted by atomic mass is 16.5. The molecular formula is C15H19N3O2. The molecule has 3 heterocycles. The topological polar surface area (TPSA) is 55.6 Å². The number of imidazole rings is 1. The van der Waals surface area contributed by atoms with Crippen LogP contribution in [0.15, 0.2) is 24.5 Å². The first-order chi connectivity index (χ1) is 9.78. The van der Waals surface area contributed by atoms with E-state index in [9.17, 15) is 4.79 Å². The number of esters is 1. The van der Waals surface area contributed by atoms with Crippen molar-refractivity contribution < 1.29 is 9.53 Å². The van der Waals surface area contributed by atoms with Gasteiger partial charge in [0, 0.05) is 18.7 Å². The van der Waals surface area contributed by atoms with Gasteiger partial charge >= 0.3 is 5.97 Å². The maximum Gasteiger partial charge on any atom is 0.339 e. The largest absolute Gasteiger partial charge is 0.465 e. The van der Waals surface area contributed by atoms with Crippen molar-refractivity contribution in [1.29, 1.82) is 0 Å². The second-order valence-corrected chi connectivity index (χ2v) is 5.23. The fraction of sp³-hybridized carbons (Fsp3) is 0.467. The highest BCUT2D eigenvalue weighted by molar-refractivity contribution is 5.89. The molecule has 0 aromatic carbocycles. The second kappa shape index (κ2) is 5.63. The second-order valence-electron chi connectivity index (χ2n) is 5.23. The predicted octanol–water partition coefficient (Wildman–Crippen LogP) is 1.81. The third kappa shape index (κ3) is 2.54. The predicted molar refractivity (Wildman–Crippen MR) is 75.9 cm³/mol. The minimum Gasteiger partial charge on any atom is -0.465 e. The minimum atomic E-state index is -0.317. The number of piperidine rings is 1. The van der Waals surface area contributed by atoms with Gasteiger partial charge in [-0.05, 0) is 31.5 Å². The van der Waals surface area contributed by atoms with Crippen LogP contribution in [0, 0.1) is 0 Å². The van der Waals surface area contributed by atoms with Crippen molar-refractivity contribution in [3.8, 4) is 0 Å². The molecule has 5 heteroatoms. The maximum atomic E-state index is 11.6. The van der Waals surface area contributed by atoms with Gasteiger partial charge in [0.05, 0.1) is 24.4 Å². The van der Waals surface area contributed by atoms with E-state index in [1.165, 1.54) is 26.4 Å². The number of aromatic nitrogens is 2. The van der Waals surface area contributed by atoms with Gasteiger partial charge in [-0.15, -0.1) is 0 Å². The molecule has 106 valence electrons. The number of nitrogens with zero attached hydrogens (tertiary/aromatic N) is 2. The van der Waals surface area contributed by atoms with Gasteiger partial charge in [-0.3, -0.25) is 0 Å². The van der Waals surface area contributed by atoms with E-state index in [0.29, 0.717) is 11.6 Å². The van der Waals surface area contributed by atoms with E-state index in [4.69, 9.17) is 4.74 Å². The lowest BCUT2D eigenvalue weighted by Crippen LogP contribution is -2.36.